The SMILES string of the molecule is C=C1C(=O)O[C@@H]2[C@H]3O[C@]3(C)CC[C@@H]3C(=CC[C@@H]4C(=O)OC(=O)[C@@H]43)CC[C@@H]12. The van der Waals surface area contributed by atoms with E-state index in [4.69, 9.17) is 14.2 Å². The summed E-state index contributed by atoms with van der Waals surface area (Å²) in [5.74, 6) is -1.85. The van der Waals surface area contributed by atoms with Crippen LogP contribution in [0.15, 0.2) is 23.8 Å². The van der Waals surface area contributed by atoms with E-state index in [1.54, 1.807) is 0 Å². The Morgan fingerprint density at radius 1 is 1.12 bits per heavy atom. The van der Waals surface area contributed by atoms with E-state index in [2.05, 4.69) is 12.7 Å². The molecule has 0 amide bonds. The molecule has 0 bridgehead atoms. The molecule has 3 saturated heterocycles. The number of carbonyl (C=O) groups is 3. The van der Waals surface area contributed by atoms with Gasteiger partial charge in [0.05, 0.1) is 17.4 Å². The summed E-state index contributed by atoms with van der Waals surface area (Å²) >= 11 is 0. The normalized spacial score (nSPS) is 47.0. The van der Waals surface area contributed by atoms with E-state index < -0.39 is 0 Å². The number of fused-ring (bicyclic) bond motifs is 6. The number of rotatable bonds is 0. The highest BCUT2D eigenvalue weighted by molar-refractivity contribution is 5.97. The third kappa shape index (κ3) is 2.17. The molecule has 0 N–H and O–H groups in total. The van der Waals surface area contributed by atoms with Gasteiger partial charge in [-0.3, -0.25) is 9.59 Å². The minimum atomic E-state index is -0.387. The van der Waals surface area contributed by atoms with Gasteiger partial charge in [0.25, 0.3) is 0 Å². The summed E-state index contributed by atoms with van der Waals surface area (Å²) in [6.45, 7) is 5.97. The van der Waals surface area contributed by atoms with Crippen molar-refractivity contribution in [3.05, 3.63) is 23.8 Å². The fourth-order valence-electron chi connectivity index (χ4n) is 5.43. The largest absolute Gasteiger partial charge is 0.455 e. The Labute approximate surface area is 151 Å². The lowest BCUT2D eigenvalue weighted by atomic mass is 9.68. The fraction of sp³-hybridized carbons (Fsp3) is 0.650. The summed E-state index contributed by atoms with van der Waals surface area (Å²) in [6, 6.07) is 0. The average molecular weight is 358 g/mol. The smallest absolute Gasteiger partial charge is 0.334 e. The van der Waals surface area contributed by atoms with E-state index >= 15 is 0 Å². The minimum absolute atomic E-state index is 0.0113. The van der Waals surface area contributed by atoms with E-state index in [1.165, 1.54) is 5.57 Å². The Morgan fingerprint density at radius 3 is 2.73 bits per heavy atom. The van der Waals surface area contributed by atoms with Crippen LogP contribution >= 0.6 is 0 Å². The summed E-state index contributed by atoms with van der Waals surface area (Å²) in [4.78, 5) is 36.3. The first-order valence-corrected chi connectivity index (χ1v) is 9.41. The van der Waals surface area contributed by atoms with Gasteiger partial charge in [0, 0.05) is 11.5 Å². The molecule has 3 aliphatic heterocycles. The lowest BCUT2D eigenvalue weighted by Crippen LogP contribution is -2.34. The molecule has 138 valence electrons. The maximum atomic E-state index is 12.3. The van der Waals surface area contributed by atoms with E-state index in [9.17, 15) is 14.4 Å². The van der Waals surface area contributed by atoms with Crippen LogP contribution in [0.25, 0.3) is 0 Å². The number of ether oxygens (including phenoxy) is 3. The van der Waals surface area contributed by atoms with Gasteiger partial charge in [0.1, 0.15) is 12.2 Å². The Kier molecular flexibility index (Phi) is 3.30. The molecule has 6 nitrogen and oxygen atoms in total. The predicted molar refractivity (Wildman–Crippen MR) is 88.5 cm³/mol. The number of carbonyl (C=O) groups excluding carboxylic acids is 3. The van der Waals surface area contributed by atoms with Crippen molar-refractivity contribution < 1.29 is 28.6 Å². The molecule has 0 aromatic heterocycles. The molecule has 5 aliphatic rings. The topological polar surface area (TPSA) is 82.2 Å². The van der Waals surface area contributed by atoms with Gasteiger partial charge in [-0.25, -0.2) is 4.79 Å². The summed E-state index contributed by atoms with van der Waals surface area (Å²) in [6.07, 6.45) is 5.35. The third-order valence-corrected chi connectivity index (χ3v) is 7.04. The van der Waals surface area contributed by atoms with E-state index in [1.807, 2.05) is 6.92 Å². The van der Waals surface area contributed by atoms with Crippen molar-refractivity contribution in [1.82, 2.24) is 0 Å². The van der Waals surface area contributed by atoms with Gasteiger partial charge in [0.2, 0.25) is 0 Å². The second kappa shape index (κ2) is 5.28. The van der Waals surface area contributed by atoms with Crippen molar-refractivity contribution in [2.45, 2.75) is 56.8 Å². The van der Waals surface area contributed by atoms with Crippen LogP contribution in [0.4, 0.5) is 0 Å². The second-order valence-electron chi connectivity index (χ2n) is 8.42. The predicted octanol–water partition coefficient (Wildman–Crippen LogP) is 2.08. The fourth-order valence-corrected chi connectivity index (χ4v) is 5.43. The van der Waals surface area contributed by atoms with E-state index in [-0.39, 0.29) is 59.4 Å². The number of cyclic esters (lactones) is 2. The summed E-state index contributed by atoms with van der Waals surface area (Å²) in [5, 5.41) is 0. The molecule has 5 rings (SSSR count). The van der Waals surface area contributed by atoms with Gasteiger partial charge >= 0.3 is 17.9 Å². The van der Waals surface area contributed by atoms with Gasteiger partial charge in [-0.05, 0) is 44.9 Å². The monoisotopic (exact) mass is 358 g/mol. The van der Waals surface area contributed by atoms with Crippen molar-refractivity contribution in [2.24, 2.45) is 23.7 Å². The molecule has 7 atom stereocenters. The molecule has 26 heavy (non-hydrogen) atoms. The Morgan fingerprint density at radius 2 is 1.92 bits per heavy atom. The molecule has 0 spiro atoms. The molecule has 4 fully saturated rings. The van der Waals surface area contributed by atoms with Crippen LogP contribution in [0.3, 0.4) is 0 Å². The van der Waals surface area contributed by atoms with Gasteiger partial charge < -0.3 is 14.2 Å². The van der Waals surface area contributed by atoms with Gasteiger partial charge in [-0.15, -0.1) is 0 Å². The molecular formula is C20H22O6. The first kappa shape index (κ1) is 16.2. The quantitative estimate of drug-likeness (QED) is 0.217. The average Bonchev–Trinajstić information content (AvgIpc) is 3.08. The lowest BCUT2D eigenvalue weighted by molar-refractivity contribution is -0.154. The third-order valence-electron chi connectivity index (χ3n) is 7.04. The van der Waals surface area contributed by atoms with Crippen molar-refractivity contribution in [3.8, 4) is 0 Å². The van der Waals surface area contributed by atoms with E-state index in [0.717, 1.165) is 25.7 Å². The number of esters is 3. The van der Waals surface area contributed by atoms with Crippen molar-refractivity contribution in [2.75, 3.05) is 0 Å². The maximum Gasteiger partial charge on any atom is 0.334 e. The van der Waals surface area contributed by atoms with Crippen LogP contribution < -0.4 is 0 Å². The summed E-state index contributed by atoms with van der Waals surface area (Å²) in [7, 11) is 0. The van der Waals surface area contributed by atoms with Crippen LogP contribution in [0.5, 0.6) is 0 Å². The van der Waals surface area contributed by atoms with Crippen molar-refractivity contribution in [3.63, 3.8) is 0 Å². The van der Waals surface area contributed by atoms with Crippen LogP contribution in [0.1, 0.15) is 39.0 Å². The summed E-state index contributed by atoms with van der Waals surface area (Å²) < 4.78 is 16.5. The molecule has 3 heterocycles. The number of hydrogen-bond acceptors (Lipinski definition) is 6. The molecule has 6 heteroatoms. The standard InChI is InChI=1S/C20H22O6/c1-9-11-5-3-10-4-6-13-14(19(23)25-18(13)22)12(10)7-8-20(2)16(26-20)15(11)24-17(9)21/h4,11-16H,1,3,5-8H2,2H3/t11-,12+,13-,14+,15-,16+,20+/m0/s1. The molecule has 1 saturated carbocycles. The van der Waals surface area contributed by atoms with Gasteiger partial charge in [-0.1, -0.05) is 18.2 Å². The maximum absolute atomic E-state index is 12.3. The first-order chi connectivity index (χ1) is 12.4. The van der Waals surface area contributed by atoms with Crippen molar-refractivity contribution >= 4 is 17.9 Å². The number of epoxide rings is 1. The molecule has 0 aromatic rings. The summed E-state index contributed by atoms with van der Waals surface area (Å²) in [5.41, 5.74) is 1.37. The minimum Gasteiger partial charge on any atom is -0.455 e. The van der Waals surface area contributed by atoms with Crippen molar-refractivity contribution in [1.29, 1.82) is 0 Å². The van der Waals surface area contributed by atoms with Crippen LogP contribution in [-0.4, -0.2) is 35.7 Å². The van der Waals surface area contributed by atoms with E-state index in [0.29, 0.717) is 12.0 Å². The number of hydrogen-bond donors (Lipinski definition) is 0. The zero-order valence-electron chi connectivity index (χ0n) is 14.7. The first-order valence-electron chi connectivity index (χ1n) is 9.41. The van der Waals surface area contributed by atoms with Gasteiger partial charge in [0.15, 0.2) is 0 Å². The number of allylic oxidation sites excluding steroid dienone is 2. The molecule has 0 unspecified atom stereocenters. The lowest BCUT2D eigenvalue weighted by Gasteiger charge is -2.33. The Bertz CT molecular complexity index is 766. The van der Waals surface area contributed by atoms with Gasteiger partial charge in [-0.2, -0.15) is 0 Å². The highest BCUT2D eigenvalue weighted by atomic mass is 16.6. The Hall–Kier alpha value is -1.95. The van der Waals surface area contributed by atoms with Crippen LogP contribution in [-0.2, 0) is 28.6 Å². The second-order valence-corrected chi connectivity index (χ2v) is 8.42. The van der Waals surface area contributed by atoms with Crippen LogP contribution in [0.2, 0.25) is 0 Å². The highest BCUT2D eigenvalue weighted by Crippen LogP contribution is 2.53. The zero-order valence-corrected chi connectivity index (χ0v) is 14.7. The molecule has 0 aromatic carbocycles. The molecule has 2 aliphatic carbocycles. The zero-order chi connectivity index (χ0) is 18.2. The molecular weight excluding hydrogens is 336 g/mol. The van der Waals surface area contributed by atoms with Crippen LogP contribution in [0, 0.1) is 23.7 Å². The Balaban J connectivity index is 1.48. The molecule has 0 radical (unpaired) electrons. The highest BCUT2D eigenvalue weighted by Gasteiger charge is 2.62.